The van der Waals surface area contributed by atoms with Crippen molar-refractivity contribution in [2.24, 2.45) is 0 Å². The van der Waals surface area contributed by atoms with Crippen LogP contribution in [0, 0.1) is 35.3 Å². The van der Waals surface area contributed by atoms with Crippen molar-refractivity contribution in [3.63, 3.8) is 0 Å². The topological polar surface area (TPSA) is 98.7 Å². The summed E-state index contributed by atoms with van der Waals surface area (Å²) >= 11 is 0. The Morgan fingerprint density at radius 1 is 0.583 bits per heavy atom. The molecule has 0 aliphatic carbocycles. The van der Waals surface area contributed by atoms with E-state index in [-0.39, 0.29) is 29.5 Å². The average Bonchev–Trinajstić information content (AvgIpc) is 3.87. The maximum absolute atomic E-state index is 13.1. The Bertz CT molecular complexity index is 1950. The lowest BCUT2D eigenvalue weighted by atomic mass is 10.2. The summed E-state index contributed by atoms with van der Waals surface area (Å²) in [7, 11) is 0. The minimum atomic E-state index is -0.318. The van der Waals surface area contributed by atoms with Gasteiger partial charge in [0.2, 0.25) is 23.7 Å². The van der Waals surface area contributed by atoms with Gasteiger partial charge >= 0.3 is 0 Å². The number of nitrogens with zero attached hydrogens (tertiary/aromatic N) is 8. The molecule has 4 fully saturated rings. The summed E-state index contributed by atoms with van der Waals surface area (Å²) in [5, 5.41) is 7.29. The number of hydrazine groups is 2. The van der Waals surface area contributed by atoms with Crippen LogP contribution in [0.4, 0.5) is 20.7 Å². The lowest BCUT2D eigenvalue weighted by molar-refractivity contribution is -0.119. The maximum Gasteiger partial charge on any atom is 0.247 e. The first-order chi connectivity index (χ1) is 23.4. The van der Waals surface area contributed by atoms with E-state index in [1.54, 1.807) is 59.1 Å². The summed E-state index contributed by atoms with van der Waals surface area (Å²) in [6.45, 7) is 1.73. The molecule has 0 N–H and O–H groups in total. The van der Waals surface area contributed by atoms with Gasteiger partial charge in [-0.3, -0.25) is 9.59 Å². The van der Waals surface area contributed by atoms with Crippen molar-refractivity contribution in [3.8, 4) is 23.7 Å². The maximum atomic E-state index is 13.1. The molecule has 10 nitrogen and oxygen atoms in total. The van der Waals surface area contributed by atoms with Gasteiger partial charge in [0.15, 0.2) is 0 Å². The Kier molecular flexibility index (Phi) is 8.84. The molecule has 0 spiro atoms. The second-order valence-corrected chi connectivity index (χ2v) is 11.8. The zero-order valence-corrected chi connectivity index (χ0v) is 25.9. The van der Waals surface area contributed by atoms with E-state index in [2.05, 4.69) is 53.6 Å². The van der Waals surface area contributed by atoms with Crippen LogP contribution in [0.2, 0.25) is 0 Å². The normalized spacial score (nSPS) is 20.0. The van der Waals surface area contributed by atoms with Gasteiger partial charge in [0.05, 0.1) is 11.1 Å². The molecule has 2 amide bonds. The second kappa shape index (κ2) is 13.7. The van der Waals surface area contributed by atoms with Gasteiger partial charge in [0.1, 0.15) is 11.6 Å². The zero-order valence-electron chi connectivity index (χ0n) is 25.9. The van der Waals surface area contributed by atoms with Crippen molar-refractivity contribution in [2.75, 3.05) is 23.1 Å². The zero-order chi connectivity index (χ0) is 33.0. The molecule has 0 saturated carbocycles. The summed E-state index contributed by atoms with van der Waals surface area (Å²) in [5.74, 6) is 11.9. The third-order valence-electron chi connectivity index (χ3n) is 8.53. The highest BCUT2D eigenvalue weighted by Crippen LogP contribution is 2.32. The third kappa shape index (κ3) is 6.76. The number of aromatic nitrogens is 4. The number of hydrogen-bond donors (Lipinski definition) is 0. The standard InChI is InChI=1S/2C18H15FN4O/c19-15-4-1-3-13(9-15)6-7-14-11-20-18(21-12-14)23-17(24)10-16-5-2-8-22(16)23;19-15-7-5-13(6-8-15)3-4-14-11-20-18(21-12-14)23-17(24)10-16-2-1-9-22(16)23/h1,3-4,9,11-12,16H,2,5,8,10H2;5-8,11-12,16H,1-2,9-10H2. The van der Waals surface area contributed by atoms with Crippen LogP contribution in [-0.2, 0) is 9.59 Å². The van der Waals surface area contributed by atoms with E-state index in [1.165, 1.54) is 24.3 Å². The monoisotopic (exact) mass is 644 g/mol. The summed E-state index contributed by atoms with van der Waals surface area (Å²) in [5.41, 5.74) is 2.57. The van der Waals surface area contributed by atoms with Gasteiger partial charge in [0, 0.05) is 73.9 Å². The molecule has 2 atom stereocenters. The Hall–Kier alpha value is -5.56. The van der Waals surface area contributed by atoms with Crippen LogP contribution in [0.1, 0.15) is 60.8 Å². The number of fused-ring (bicyclic) bond motifs is 2. The van der Waals surface area contributed by atoms with Crippen molar-refractivity contribution in [1.82, 2.24) is 30.0 Å². The van der Waals surface area contributed by atoms with Gasteiger partial charge in [-0.25, -0.2) is 48.8 Å². The minimum Gasteiger partial charge on any atom is -0.273 e. The first kappa shape index (κ1) is 31.1. The van der Waals surface area contributed by atoms with Gasteiger partial charge in [-0.15, -0.1) is 0 Å². The molecule has 0 radical (unpaired) electrons. The van der Waals surface area contributed by atoms with E-state index in [0.717, 1.165) is 44.3 Å². The average molecular weight is 645 g/mol. The second-order valence-electron chi connectivity index (χ2n) is 11.8. The van der Waals surface area contributed by atoms with Crippen LogP contribution in [-0.4, -0.2) is 66.9 Å². The van der Waals surface area contributed by atoms with Crippen molar-refractivity contribution in [1.29, 1.82) is 0 Å². The predicted molar refractivity (Wildman–Crippen MR) is 172 cm³/mol. The lowest BCUT2D eigenvalue weighted by Gasteiger charge is -2.24. The molecule has 4 aliphatic rings. The number of benzene rings is 2. The third-order valence-corrected chi connectivity index (χ3v) is 8.53. The number of rotatable bonds is 2. The van der Waals surface area contributed by atoms with Gasteiger partial charge in [-0.05, 0) is 68.1 Å². The molecule has 2 unspecified atom stereocenters. The quantitative estimate of drug-likeness (QED) is 0.299. The van der Waals surface area contributed by atoms with Crippen LogP contribution >= 0.6 is 0 Å². The van der Waals surface area contributed by atoms with Crippen LogP contribution in [0.15, 0.2) is 73.3 Å². The fourth-order valence-electron chi connectivity index (χ4n) is 6.28. The SMILES string of the molecule is O=C1CC2CCCN2N1c1ncc(C#Cc2ccc(F)cc2)cn1.O=C1CC2CCCN2N1c1ncc(C#Cc2cccc(F)c2)cn1. The molecule has 2 aromatic heterocycles. The Balaban J connectivity index is 0.000000152. The first-order valence-electron chi connectivity index (χ1n) is 15.8. The van der Waals surface area contributed by atoms with Crippen molar-refractivity contribution >= 4 is 23.7 Å². The molecule has 2 aromatic carbocycles. The summed E-state index contributed by atoms with van der Waals surface area (Å²) in [6, 6.07) is 12.7. The molecule has 240 valence electrons. The Morgan fingerprint density at radius 2 is 1.06 bits per heavy atom. The molecule has 8 rings (SSSR count). The predicted octanol–water partition coefficient (Wildman–Crippen LogP) is 4.26. The lowest BCUT2D eigenvalue weighted by Crippen LogP contribution is -2.40. The molecular weight excluding hydrogens is 614 g/mol. The van der Waals surface area contributed by atoms with E-state index in [9.17, 15) is 18.4 Å². The van der Waals surface area contributed by atoms with Gasteiger partial charge in [0.25, 0.3) is 0 Å². The molecule has 0 bridgehead atoms. The summed E-state index contributed by atoms with van der Waals surface area (Å²) in [6.07, 6.45) is 11.7. The van der Waals surface area contributed by atoms with Crippen LogP contribution < -0.4 is 10.0 Å². The molecule has 4 aromatic rings. The number of hydrogen-bond acceptors (Lipinski definition) is 8. The van der Waals surface area contributed by atoms with Crippen molar-refractivity contribution in [2.45, 2.75) is 50.6 Å². The van der Waals surface area contributed by atoms with Crippen LogP contribution in [0.5, 0.6) is 0 Å². The van der Waals surface area contributed by atoms with E-state index in [1.807, 2.05) is 0 Å². The van der Waals surface area contributed by atoms with Crippen LogP contribution in [0.25, 0.3) is 0 Å². The minimum absolute atomic E-state index is 0.0401. The van der Waals surface area contributed by atoms with E-state index in [0.29, 0.717) is 47.5 Å². The number of amides is 2. The fourth-order valence-corrected chi connectivity index (χ4v) is 6.28. The molecule has 4 aliphatic heterocycles. The number of carbonyl (C=O) groups is 2. The molecule has 6 heterocycles. The smallest absolute Gasteiger partial charge is 0.247 e. The molecule has 48 heavy (non-hydrogen) atoms. The van der Waals surface area contributed by atoms with Gasteiger partial charge in [-0.2, -0.15) is 0 Å². The van der Waals surface area contributed by atoms with Crippen molar-refractivity contribution < 1.29 is 18.4 Å². The van der Waals surface area contributed by atoms with Gasteiger partial charge in [-0.1, -0.05) is 29.7 Å². The molecular formula is C36H30F2N8O2. The summed E-state index contributed by atoms with van der Waals surface area (Å²) in [4.78, 5) is 41.4. The fraction of sp³-hybridized carbons (Fsp3) is 0.278. The van der Waals surface area contributed by atoms with Crippen molar-refractivity contribution in [3.05, 3.63) is 107 Å². The highest BCUT2D eigenvalue weighted by molar-refractivity contribution is 5.94. The highest BCUT2D eigenvalue weighted by atomic mass is 19.1. The number of anilines is 2. The Morgan fingerprint density at radius 3 is 1.56 bits per heavy atom. The number of halogens is 2. The van der Waals surface area contributed by atoms with E-state index >= 15 is 0 Å². The van der Waals surface area contributed by atoms with Crippen LogP contribution in [0.3, 0.4) is 0 Å². The highest BCUT2D eigenvalue weighted by Gasteiger charge is 2.43. The van der Waals surface area contributed by atoms with E-state index < -0.39 is 0 Å². The number of carbonyl (C=O) groups excluding carboxylic acids is 2. The summed E-state index contributed by atoms with van der Waals surface area (Å²) < 4.78 is 26.0. The Labute approximate surface area is 276 Å². The van der Waals surface area contributed by atoms with Gasteiger partial charge < -0.3 is 0 Å². The molecule has 12 heteroatoms. The molecule has 4 saturated heterocycles. The largest absolute Gasteiger partial charge is 0.273 e. The first-order valence-corrected chi connectivity index (χ1v) is 15.8. The van der Waals surface area contributed by atoms with E-state index in [4.69, 9.17) is 0 Å².